The van der Waals surface area contributed by atoms with Gasteiger partial charge in [0.15, 0.2) is 0 Å². The Morgan fingerprint density at radius 2 is 1.71 bits per heavy atom. The van der Waals surface area contributed by atoms with E-state index >= 15 is 0 Å². The number of hydrogen-bond donors (Lipinski definition) is 1. The second-order valence-corrected chi connectivity index (χ2v) is 8.77. The molecular weight excluding hydrogens is 447 g/mol. The molecule has 28 heavy (non-hydrogen) atoms. The summed E-state index contributed by atoms with van der Waals surface area (Å²) in [6, 6.07) is 12.6. The van der Waals surface area contributed by atoms with Crippen molar-refractivity contribution in [2.24, 2.45) is 0 Å². The second kappa shape index (κ2) is 8.55. The highest BCUT2D eigenvalue weighted by Gasteiger charge is 2.15. The maximum atomic E-state index is 13.2. The van der Waals surface area contributed by atoms with E-state index in [1.165, 1.54) is 24.3 Å². The molecule has 5 nitrogen and oxygen atoms in total. The Labute approximate surface area is 172 Å². The number of halogens is 2. The number of aromatic nitrogens is 2. The zero-order chi connectivity index (χ0) is 20.3. The molecule has 0 aliphatic heterocycles. The molecule has 0 spiro atoms. The summed E-state index contributed by atoms with van der Waals surface area (Å²) in [5.74, 6) is -0.275. The maximum Gasteiger partial charge on any atom is 0.294 e. The molecule has 0 saturated carbocycles. The van der Waals surface area contributed by atoms with E-state index < -0.39 is 10.1 Å². The van der Waals surface area contributed by atoms with E-state index in [9.17, 15) is 12.8 Å². The zero-order valence-corrected chi connectivity index (χ0v) is 17.7. The average molecular weight is 467 g/mol. The van der Waals surface area contributed by atoms with Crippen LogP contribution in [0.5, 0.6) is 0 Å². The van der Waals surface area contributed by atoms with Crippen molar-refractivity contribution in [1.82, 2.24) is 9.78 Å². The van der Waals surface area contributed by atoms with Gasteiger partial charge in [-0.2, -0.15) is 13.5 Å². The normalized spacial score (nSPS) is 11.7. The first-order valence-electron chi connectivity index (χ1n) is 8.81. The third-order valence-corrected chi connectivity index (χ3v) is 6.30. The van der Waals surface area contributed by atoms with Crippen molar-refractivity contribution < 1.29 is 17.4 Å². The van der Waals surface area contributed by atoms with E-state index in [2.05, 4.69) is 21.0 Å². The SMILES string of the molecule is Cc1nn(CCCCc2ccc(S(=O)(=O)O)cc2)c(-c2ccc(F)cc2)c1Br. The van der Waals surface area contributed by atoms with Crippen LogP contribution in [0.15, 0.2) is 57.9 Å². The highest BCUT2D eigenvalue weighted by atomic mass is 79.9. The Balaban J connectivity index is 1.64. The first kappa shape index (κ1) is 20.7. The van der Waals surface area contributed by atoms with Crippen molar-refractivity contribution in [3.05, 3.63) is 70.1 Å². The molecule has 8 heteroatoms. The third-order valence-electron chi connectivity index (χ3n) is 4.48. The van der Waals surface area contributed by atoms with E-state index in [1.807, 2.05) is 11.6 Å². The van der Waals surface area contributed by atoms with Crippen LogP contribution in [0.25, 0.3) is 11.3 Å². The van der Waals surface area contributed by atoms with Crippen LogP contribution in [0.1, 0.15) is 24.1 Å². The predicted molar refractivity (Wildman–Crippen MR) is 109 cm³/mol. The monoisotopic (exact) mass is 466 g/mol. The molecule has 0 saturated heterocycles. The fraction of sp³-hybridized carbons (Fsp3) is 0.250. The molecule has 0 aliphatic rings. The molecular formula is C20H20BrFN2O3S. The Bertz CT molecular complexity index is 1060. The van der Waals surface area contributed by atoms with Crippen molar-refractivity contribution in [1.29, 1.82) is 0 Å². The summed E-state index contributed by atoms with van der Waals surface area (Å²) in [7, 11) is -4.16. The summed E-state index contributed by atoms with van der Waals surface area (Å²) in [5.41, 5.74) is 3.70. The number of benzene rings is 2. The van der Waals surface area contributed by atoms with Gasteiger partial charge in [-0.1, -0.05) is 12.1 Å². The van der Waals surface area contributed by atoms with Gasteiger partial charge in [0.1, 0.15) is 5.82 Å². The van der Waals surface area contributed by atoms with Crippen molar-refractivity contribution in [2.75, 3.05) is 0 Å². The van der Waals surface area contributed by atoms with Crippen LogP contribution in [0.3, 0.4) is 0 Å². The molecule has 1 aromatic heterocycles. The van der Waals surface area contributed by atoms with E-state index in [0.29, 0.717) is 6.54 Å². The van der Waals surface area contributed by atoms with E-state index in [4.69, 9.17) is 4.55 Å². The second-order valence-electron chi connectivity index (χ2n) is 6.55. The van der Waals surface area contributed by atoms with Crippen LogP contribution in [-0.4, -0.2) is 22.8 Å². The Hall–Kier alpha value is -2.03. The smallest absolute Gasteiger partial charge is 0.282 e. The van der Waals surface area contributed by atoms with E-state index in [0.717, 1.165) is 46.2 Å². The Morgan fingerprint density at radius 3 is 2.32 bits per heavy atom. The molecule has 1 heterocycles. The quantitative estimate of drug-likeness (QED) is 0.391. The minimum atomic E-state index is -4.16. The molecule has 3 rings (SSSR count). The molecule has 0 bridgehead atoms. The molecule has 1 N–H and O–H groups in total. The van der Waals surface area contributed by atoms with Crippen molar-refractivity contribution in [3.8, 4) is 11.3 Å². The average Bonchev–Trinajstić information content (AvgIpc) is 2.93. The fourth-order valence-corrected chi connectivity index (χ4v) is 4.02. The molecule has 148 valence electrons. The van der Waals surface area contributed by atoms with Crippen LogP contribution in [0.4, 0.5) is 4.39 Å². The lowest BCUT2D eigenvalue weighted by Gasteiger charge is -2.09. The van der Waals surface area contributed by atoms with Gasteiger partial charge in [-0.05, 0) is 84.1 Å². The van der Waals surface area contributed by atoms with Gasteiger partial charge in [0.05, 0.1) is 20.8 Å². The highest BCUT2D eigenvalue weighted by Crippen LogP contribution is 2.31. The van der Waals surface area contributed by atoms with Crippen LogP contribution in [-0.2, 0) is 23.1 Å². The van der Waals surface area contributed by atoms with Gasteiger partial charge in [0, 0.05) is 12.1 Å². The number of nitrogens with zero attached hydrogens (tertiary/aromatic N) is 2. The number of rotatable bonds is 7. The molecule has 0 radical (unpaired) electrons. The van der Waals surface area contributed by atoms with Gasteiger partial charge in [-0.3, -0.25) is 9.23 Å². The number of aryl methyl sites for hydroxylation is 3. The van der Waals surface area contributed by atoms with Gasteiger partial charge in [0.2, 0.25) is 0 Å². The van der Waals surface area contributed by atoms with E-state index in [-0.39, 0.29) is 10.7 Å². The summed E-state index contributed by atoms with van der Waals surface area (Å²) in [6.45, 7) is 2.63. The lowest BCUT2D eigenvalue weighted by Crippen LogP contribution is -2.03. The van der Waals surface area contributed by atoms with Gasteiger partial charge in [-0.25, -0.2) is 4.39 Å². The van der Waals surface area contributed by atoms with Crippen molar-refractivity contribution in [2.45, 2.75) is 37.6 Å². The van der Waals surface area contributed by atoms with Gasteiger partial charge in [-0.15, -0.1) is 0 Å². The summed E-state index contributed by atoms with van der Waals surface area (Å²) in [4.78, 5) is -0.0999. The summed E-state index contributed by atoms with van der Waals surface area (Å²) >= 11 is 3.58. The molecule has 3 aromatic rings. The van der Waals surface area contributed by atoms with Crippen molar-refractivity contribution in [3.63, 3.8) is 0 Å². The van der Waals surface area contributed by atoms with Crippen LogP contribution in [0, 0.1) is 12.7 Å². The molecule has 0 fully saturated rings. The standard InChI is InChI=1S/C20H20BrFN2O3S/c1-14-19(21)20(16-7-9-17(22)10-8-16)24(23-14)13-3-2-4-15-5-11-18(12-6-15)28(25,26)27/h5-12H,2-4,13H2,1H3,(H,25,26,27). The minimum Gasteiger partial charge on any atom is -0.282 e. The maximum absolute atomic E-state index is 13.2. The first-order chi connectivity index (χ1) is 13.3. The number of unbranched alkanes of at least 4 members (excludes halogenated alkanes) is 1. The summed E-state index contributed by atoms with van der Waals surface area (Å²) in [5, 5.41) is 4.57. The zero-order valence-electron chi connectivity index (χ0n) is 15.3. The van der Waals surface area contributed by atoms with Crippen LogP contribution >= 0.6 is 15.9 Å². The first-order valence-corrected chi connectivity index (χ1v) is 11.0. The topological polar surface area (TPSA) is 72.2 Å². The predicted octanol–water partition coefficient (Wildman–Crippen LogP) is 5.03. The lowest BCUT2D eigenvalue weighted by molar-refractivity contribution is 0.483. The number of hydrogen-bond acceptors (Lipinski definition) is 3. The Morgan fingerprint density at radius 1 is 1.07 bits per heavy atom. The minimum absolute atomic E-state index is 0.0999. The molecule has 2 aromatic carbocycles. The van der Waals surface area contributed by atoms with Crippen LogP contribution in [0.2, 0.25) is 0 Å². The largest absolute Gasteiger partial charge is 0.294 e. The third kappa shape index (κ3) is 4.87. The van der Waals surface area contributed by atoms with Gasteiger partial charge in [0.25, 0.3) is 10.1 Å². The molecule has 0 aliphatic carbocycles. The lowest BCUT2D eigenvalue weighted by atomic mass is 10.1. The summed E-state index contributed by atoms with van der Waals surface area (Å²) < 4.78 is 47.2. The molecule has 0 amide bonds. The fourth-order valence-electron chi connectivity index (χ4n) is 3.02. The van der Waals surface area contributed by atoms with Crippen molar-refractivity contribution >= 4 is 26.0 Å². The van der Waals surface area contributed by atoms with Crippen LogP contribution < -0.4 is 0 Å². The highest BCUT2D eigenvalue weighted by molar-refractivity contribution is 9.10. The van der Waals surface area contributed by atoms with Gasteiger partial charge < -0.3 is 0 Å². The van der Waals surface area contributed by atoms with Gasteiger partial charge >= 0.3 is 0 Å². The molecule has 0 atom stereocenters. The Kier molecular flexibility index (Phi) is 6.32. The summed E-state index contributed by atoms with van der Waals surface area (Å²) in [6.07, 6.45) is 2.56. The molecule has 0 unspecified atom stereocenters. The van der Waals surface area contributed by atoms with E-state index in [1.54, 1.807) is 24.3 Å².